The lowest BCUT2D eigenvalue weighted by atomic mass is 9.89. The van der Waals surface area contributed by atoms with E-state index in [0.29, 0.717) is 0 Å². The summed E-state index contributed by atoms with van der Waals surface area (Å²) in [7, 11) is 2.20. The Morgan fingerprint density at radius 2 is 2.00 bits per heavy atom. The van der Waals surface area contributed by atoms with Crippen molar-refractivity contribution in [1.82, 2.24) is 9.88 Å². The van der Waals surface area contributed by atoms with Crippen molar-refractivity contribution in [2.45, 2.75) is 39.5 Å². The Bertz CT molecular complexity index is 603. The van der Waals surface area contributed by atoms with Gasteiger partial charge in [0.25, 0.3) is 0 Å². The van der Waals surface area contributed by atoms with Crippen molar-refractivity contribution in [3.63, 3.8) is 0 Å². The molecule has 20 heavy (non-hydrogen) atoms. The Morgan fingerprint density at radius 3 is 2.70 bits per heavy atom. The van der Waals surface area contributed by atoms with Gasteiger partial charge in [0.05, 0.1) is 0 Å². The normalized spacial score (nSPS) is 16.9. The average molecular weight is 270 g/mol. The van der Waals surface area contributed by atoms with Crippen LogP contribution < -0.4 is 5.32 Å². The van der Waals surface area contributed by atoms with Crippen LogP contribution in [0.4, 0.5) is 0 Å². The van der Waals surface area contributed by atoms with Gasteiger partial charge in [0.2, 0.25) is 0 Å². The molecule has 1 fully saturated rings. The highest BCUT2D eigenvalue weighted by Crippen LogP contribution is 2.30. The smallest absolute Gasteiger partial charge is 0.0482 e. The summed E-state index contributed by atoms with van der Waals surface area (Å²) < 4.78 is 2.37. The van der Waals surface area contributed by atoms with Crippen LogP contribution in [0, 0.1) is 12.8 Å². The maximum Gasteiger partial charge on any atom is 0.0482 e. The molecule has 1 aromatic carbocycles. The monoisotopic (exact) mass is 270 g/mol. The zero-order valence-electron chi connectivity index (χ0n) is 13.0. The van der Waals surface area contributed by atoms with E-state index in [9.17, 15) is 0 Å². The minimum atomic E-state index is 0.853. The summed E-state index contributed by atoms with van der Waals surface area (Å²) in [5, 5.41) is 4.96. The van der Waals surface area contributed by atoms with Gasteiger partial charge in [0, 0.05) is 23.6 Å². The number of hydrogen-bond acceptors (Lipinski definition) is 1. The highest BCUT2D eigenvalue weighted by Gasteiger charge is 2.18. The fraction of sp³-hybridized carbons (Fsp3) is 0.556. The van der Waals surface area contributed by atoms with Crippen molar-refractivity contribution in [2.75, 3.05) is 13.1 Å². The van der Waals surface area contributed by atoms with Crippen LogP contribution >= 0.6 is 0 Å². The number of hydrogen-bond donors (Lipinski definition) is 1. The van der Waals surface area contributed by atoms with Crippen LogP contribution in [0.1, 0.15) is 36.6 Å². The minimum absolute atomic E-state index is 0.853. The quantitative estimate of drug-likeness (QED) is 0.902. The first-order valence-electron chi connectivity index (χ1n) is 7.98. The van der Waals surface area contributed by atoms with E-state index in [0.717, 1.165) is 12.3 Å². The first-order chi connectivity index (χ1) is 9.70. The molecule has 108 valence electrons. The second-order valence-electron chi connectivity index (χ2n) is 6.23. The Morgan fingerprint density at radius 1 is 1.25 bits per heavy atom. The molecule has 0 bridgehead atoms. The SMILES string of the molecule is CCc1ccc2c(c1)c(CC1CCNCC1)c(C)n2C. The van der Waals surface area contributed by atoms with Crippen LogP contribution in [-0.2, 0) is 19.9 Å². The van der Waals surface area contributed by atoms with Crippen molar-refractivity contribution in [3.8, 4) is 0 Å². The summed E-state index contributed by atoms with van der Waals surface area (Å²) in [6.07, 6.45) is 5.02. The standard InChI is InChI=1S/C18H26N2/c1-4-14-5-6-18-17(11-14)16(13(2)20(18)3)12-15-7-9-19-10-8-15/h5-6,11,15,19H,4,7-10,12H2,1-3H3. The molecule has 0 amide bonds. The predicted molar refractivity (Wildman–Crippen MR) is 86.3 cm³/mol. The number of benzene rings is 1. The van der Waals surface area contributed by atoms with Crippen LogP contribution in [0.3, 0.4) is 0 Å². The average Bonchev–Trinajstić information content (AvgIpc) is 2.73. The molecule has 2 aromatic rings. The van der Waals surface area contributed by atoms with Gasteiger partial charge in [-0.15, -0.1) is 0 Å². The highest BCUT2D eigenvalue weighted by atomic mass is 14.9. The van der Waals surface area contributed by atoms with Gasteiger partial charge in [-0.1, -0.05) is 13.0 Å². The van der Waals surface area contributed by atoms with E-state index in [4.69, 9.17) is 0 Å². The van der Waals surface area contributed by atoms with Crippen molar-refractivity contribution in [2.24, 2.45) is 13.0 Å². The lowest BCUT2D eigenvalue weighted by Gasteiger charge is -2.22. The van der Waals surface area contributed by atoms with Crippen LogP contribution in [-0.4, -0.2) is 17.7 Å². The molecule has 0 spiro atoms. The fourth-order valence-electron chi connectivity index (χ4n) is 3.55. The van der Waals surface area contributed by atoms with Gasteiger partial charge in [0.15, 0.2) is 0 Å². The van der Waals surface area contributed by atoms with E-state index in [1.807, 2.05) is 0 Å². The first-order valence-corrected chi connectivity index (χ1v) is 7.98. The number of nitrogens with one attached hydrogen (secondary N) is 1. The predicted octanol–water partition coefficient (Wildman–Crippen LogP) is 3.59. The largest absolute Gasteiger partial charge is 0.348 e. The molecule has 1 aromatic heterocycles. The van der Waals surface area contributed by atoms with Gasteiger partial charge >= 0.3 is 0 Å². The minimum Gasteiger partial charge on any atom is -0.348 e. The highest BCUT2D eigenvalue weighted by molar-refractivity contribution is 5.86. The van der Waals surface area contributed by atoms with E-state index in [-0.39, 0.29) is 0 Å². The van der Waals surface area contributed by atoms with Crippen LogP contribution in [0.25, 0.3) is 10.9 Å². The molecule has 2 nitrogen and oxygen atoms in total. The Balaban J connectivity index is 2.01. The van der Waals surface area contributed by atoms with Gasteiger partial charge in [-0.3, -0.25) is 0 Å². The third-order valence-corrected chi connectivity index (χ3v) is 5.05. The number of piperidine rings is 1. The third-order valence-electron chi connectivity index (χ3n) is 5.05. The summed E-state index contributed by atoms with van der Waals surface area (Å²) in [4.78, 5) is 0. The fourth-order valence-corrected chi connectivity index (χ4v) is 3.55. The molecule has 1 saturated heterocycles. The summed E-state index contributed by atoms with van der Waals surface area (Å²) >= 11 is 0. The molecule has 1 aliphatic heterocycles. The van der Waals surface area contributed by atoms with E-state index in [1.165, 1.54) is 54.5 Å². The van der Waals surface area contributed by atoms with Gasteiger partial charge in [-0.2, -0.15) is 0 Å². The van der Waals surface area contributed by atoms with Crippen molar-refractivity contribution < 1.29 is 0 Å². The second-order valence-corrected chi connectivity index (χ2v) is 6.23. The summed E-state index contributed by atoms with van der Waals surface area (Å²) in [6.45, 7) is 6.90. The maximum atomic E-state index is 3.47. The molecule has 1 aliphatic rings. The third kappa shape index (κ3) is 2.37. The molecule has 3 rings (SSSR count). The lowest BCUT2D eigenvalue weighted by molar-refractivity contribution is 0.373. The van der Waals surface area contributed by atoms with Gasteiger partial charge in [0.1, 0.15) is 0 Å². The van der Waals surface area contributed by atoms with Gasteiger partial charge in [-0.25, -0.2) is 0 Å². The molecular formula is C18H26N2. The molecule has 0 unspecified atom stereocenters. The van der Waals surface area contributed by atoms with Gasteiger partial charge < -0.3 is 9.88 Å². The molecule has 0 aliphatic carbocycles. The molecular weight excluding hydrogens is 244 g/mol. The Hall–Kier alpha value is -1.28. The molecule has 0 radical (unpaired) electrons. The number of nitrogens with zero attached hydrogens (tertiary/aromatic N) is 1. The topological polar surface area (TPSA) is 17.0 Å². The Labute approximate surface area is 122 Å². The lowest BCUT2D eigenvalue weighted by Crippen LogP contribution is -2.28. The summed E-state index contributed by atoms with van der Waals surface area (Å²) in [5.74, 6) is 0.853. The second kappa shape index (κ2) is 5.61. The maximum absolute atomic E-state index is 3.47. The zero-order chi connectivity index (χ0) is 14.1. The first kappa shape index (κ1) is 13.7. The van der Waals surface area contributed by atoms with Crippen LogP contribution in [0.15, 0.2) is 18.2 Å². The van der Waals surface area contributed by atoms with E-state index in [1.54, 1.807) is 5.56 Å². The molecule has 1 N–H and O–H groups in total. The molecule has 0 atom stereocenters. The van der Waals surface area contributed by atoms with Gasteiger partial charge in [-0.05, 0) is 74.9 Å². The Kier molecular flexibility index (Phi) is 3.84. The number of fused-ring (bicyclic) bond motifs is 1. The molecule has 2 heteroatoms. The zero-order valence-corrected chi connectivity index (χ0v) is 13.0. The summed E-state index contributed by atoms with van der Waals surface area (Å²) in [5.41, 5.74) is 5.88. The van der Waals surface area contributed by atoms with Crippen LogP contribution in [0.5, 0.6) is 0 Å². The molecule has 0 saturated carbocycles. The van der Waals surface area contributed by atoms with E-state index >= 15 is 0 Å². The van der Waals surface area contributed by atoms with Crippen molar-refractivity contribution in [3.05, 3.63) is 35.0 Å². The van der Waals surface area contributed by atoms with E-state index in [2.05, 4.69) is 49.0 Å². The number of aromatic nitrogens is 1. The van der Waals surface area contributed by atoms with E-state index < -0.39 is 0 Å². The number of aryl methyl sites for hydroxylation is 2. The summed E-state index contributed by atoms with van der Waals surface area (Å²) in [6, 6.07) is 6.99. The van der Waals surface area contributed by atoms with Crippen LogP contribution in [0.2, 0.25) is 0 Å². The van der Waals surface area contributed by atoms with Crippen molar-refractivity contribution in [1.29, 1.82) is 0 Å². The van der Waals surface area contributed by atoms with Crippen molar-refractivity contribution >= 4 is 10.9 Å². The molecule has 2 heterocycles. The number of rotatable bonds is 3.